The zero-order chi connectivity index (χ0) is 12.2. The van der Waals surface area contributed by atoms with E-state index in [0.29, 0.717) is 0 Å². The molecule has 16 heavy (non-hydrogen) atoms. The third-order valence-electron chi connectivity index (χ3n) is 3.49. The van der Waals surface area contributed by atoms with E-state index >= 15 is 0 Å². The summed E-state index contributed by atoms with van der Waals surface area (Å²) >= 11 is 6.18. The second-order valence-corrected chi connectivity index (χ2v) is 4.89. The van der Waals surface area contributed by atoms with E-state index in [9.17, 15) is 4.79 Å². The maximum atomic E-state index is 12.1. The van der Waals surface area contributed by atoms with E-state index in [2.05, 4.69) is 0 Å². The first-order valence-electron chi connectivity index (χ1n) is 5.04. The lowest BCUT2D eigenvalue weighted by Gasteiger charge is -2.50. The first-order chi connectivity index (χ1) is 7.35. The predicted octanol–water partition coefficient (Wildman–Crippen LogP) is 1.27. The summed E-state index contributed by atoms with van der Waals surface area (Å²) in [6, 6.07) is 0. The number of halogens is 1. The maximum Gasteiger partial charge on any atom is 0.225 e. The van der Waals surface area contributed by atoms with Crippen molar-refractivity contribution in [2.24, 2.45) is 0 Å². The SMILES string of the molecule is COC1(OC)C(Cl)C(=O)C2(C)C=CC1(C)O2. The Morgan fingerprint density at radius 3 is 2.38 bits per heavy atom. The van der Waals surface area contributed by atoms with Crippen molar-refractivity contribution in [1.29, 1.82) is 0 Å². The molecule has 3 unspecified atom stereocenters. The topological polar surface area (TPSA) is 44.8 Å². The lowest BCUT2D eigenvalue weighted by molar-refractivity contribution is -0.313. The second kappa shape index (κ2) is 3.29. The van der Waals surface area contributed by atoms with Crippen LogP contribution in [0.25, 0.3) is 0 Å². The average Bonchev–Trinajstić information content (AvgIpc) is 2.55. The Hall–Kier alpha value is -0.420. The standard InChI is InChI=1S/C11H15ClO4/c1-9-5-6-10(2,16-9)11(14-3,15-4)7(12)8(9)13/h5-7H,1-4H3. The third kappa shape index (κ3) is 1.13. The average molecular weight is 247 g/mol. The van der Waals surface area contributed by atoms with Gasteiger partial charge in [0.15, 0.2) is 11.2 Å². The highest BCUT2D eigenvalue weighted by Gasteiger charge is 2.68. The molecule has 0 aliphatic carbocycles. The van der Waals surface area contributed by atoms with E-state index in [1.165, 1.54) is 14.2 Å². The molecule has 2 aliphatic heterocycles. The van der Waals surface area contributed by atoms with Crippen molar-refractivity contribution in [3.63, 3.8) is 0 Å². The van der Waals surface area contributed by atoms with E-state index in [1.54, 1.807) is 26.0 Å². The van der Waals surface area contributed by atoms with Crippen molar-refractivity contribution in [2.45, 2.75) is 36.2 Å². The van der Waals surface area contributed by atoms with E-state index in [-0.39, 0.29) is 5.78 Å². The summed E-state index contributed by atoms with van der Waals surface area (Å²) in [5, 5.41) is -0.902. The van der Waals surface area contributed by atoms with E-state index in [4.69, 9.17) is 25.8 Å². The summed E-state index contributed by atoms with van der Waals surface area (Å²) in [7, 11) is 2.91. The molecule has 0 aromatic carbocycles. The van der Waals surface area contributed by atoms with Crippen LogP contribution in [0.2, 0.25) is 0 Å². The summed E-state index contributed by atoms with van der Waals surface area (Å²) in [5.41, 5.74) is -1.83. The second-order valence-electron chi connectivity index (χ2n) is 4.45. The van der Waals surface area contributed by atoms with Crippen LogP contribution in [0.4, 0.5) is 0 Å². The van der Waals surface area contributed by atoms with Gasteiger partial charge in [0.2, 0.25) is 5.79 Å². The Morgan fingerprint density at radius 2 is 1.88 bits per heavy atom. The van der Waals surface area contributed by atoms with Gasteiger partial charge in [-0.15, -0.1) is 11.6 Å². The van der Waals surface area contributed by atoms with Crippen LogP contribution in [0.1, 0.15) is 13.8 Å². The molecule has 0 aromatic rings. The minimum absolute atomic E-state index is 0.246. The summed E-state index contributed by atoms with van der Waals surface area (Å²) < 4.78 is 16.4. The number of carbonyl (C=O) groups excluding carboxylic acids is 1. The quantitative estimate of drug-likeness (QED) is 0.418. The Balaban J connectivity index is 2.56. The van der Waals surface area contributed by atoms with Crippen molar-refractivity contribution in [1.82, 2.24) is 0 Å². The molecular weight excluding hydrogens is 232 g/mol. The van der Waals surface area contributed by atoms with Crippen molar-refractivity contribution in [2.75, 3.05) is 14.2 Å². The van der Waals surface area contributed by atoms with E-state index < -0.39 is 22.4 Å². The predicted molar refractivity (Wildman–Crippen MR) is 58.4 cm³/mol. The zero-order valence-corrected chi connectivity index (χ0v) is 10.5. The molecule has 1 saturated heterocycles. The molecule has 2 heterocycles. The third-order valence-corrected chi connectivity index (χ3v) is 3.98. The number of carbonyl (C=O) groups is 1. The van der Waals surface area contributed by atoms with Gasteiger partial charge in [-0.2, -0.15) is 0 Å². The van der Waals surface area contributed by atoms with Gasteiger partial charge in [-0.25, -0.2) is 0 Å². The molecular formula is C11H15ClO4. The molecule has 0 saturated carbocycles. The number of fused-ring (bicyclic) bond motifs is 2. The summed E-state index contributed by atoms with van der Waals surface area (Å²) in [6.45, 7) is 3.49. The van der Waals surface area contributed by atoms with Crippen LogP contribution in [-0.4, -0.2) is 42.4 Å². The van der Waals surface area contributed by atoms with Gasteiger partial charge >= 0.3 is 0 Å². The largest absolute Gasteiger partial charge is 0.349 e. The van der Waals surface area contributed by atoms with E-state index in [1.807, 2.05) is 0 Å². The molecule has 2 rings (SSSR count). The van der Waals surface area contributed by atoms with E-state index in [0.717, 1.165) is 0 Å². The first-order valence-corrected chi connectivity index (χ1v) is 5.48. The molecule has 0 amide bonds. The van der Waals surface area contributed by atoms with Gasteiger partial charge < -0.3 is 14.2 Å². The molecule has 0 N–H and O–H groups in total. The van der Waals surface area contributed by atoms with Crippen LogP contribution in [-0.2, 0) is 19.0 Å². The molecule has 4 nitrogen and oxygen atoms in total. The van der Waals surface area contributed by atoms with Crippen LogP contribution in [0.15, 0.2) is 12.2 Å². The fourth-order valence-electron chi connectivity index (χ4n) is 2.52. The molecule has 2 aliphatic rings. The van der Waals surface area contributed by atoms with Crippen LogP contribution < -0.4 is 0 Å². The minimum Gasteiger partial charge on any atom is -0.349 e. The van der Waals surface area contributed by atoms with Gasteiger partial charge in [-0.1, -0.05) is 0 Å². The van der Waals surface area contributed by atoms with Crippen LogP contribution in [0.5, 0.6) is 0 Å². The molecule has 3 atom stereocenters. The highest BCUT2D eigenvalue weighted by molar-refractivity contribution is 6.34. The lowest BCUT2D eigenvalue weighted by atomic mass is 9.85. The number of ether oxygens (including phenoxy) is 3. The fourth-order valence-corrected chi connectivity index (χ4v) is 3.13. The molecule has 5 heteroatoms. The smallest absolute Gasteiger partial charge is 0.225 e. The van der Waals surface area contributed by atoms with Gasteiger partial charge in [-0.3, -0.25) is 4.79 Å². The Labute approximate surface area is 99.5 Å². The van der Waals surface area contributed by atoms with Crippen LogP contribution in [0, 0.1) is 0 Å². The summed E-state index contributed by atoms with van der Waals surface area (Å²) in [5.74, 6) is -1.53. The Kier molecular flexibility index (Phi) is 2.48. The molecule has 0 spiro atoms. The monoisotopic (exact) mass is 246 g/mol. The highest BCUT2D eigenvalue weighted by Crippen LogP contribution is 2.50. The number of methoxy groups -OCH3 is 2. The first kappa shape index (κ1) is 12.0. The van der Waals surface area contributed by atoms with Gasteiger partial charge in [-0.05, 0) is 26.0 Å². The number of ketones is 1. The number of alkyl halides is 1. The number of Topliss-reactive ketones (excluding diaryl/α,β-unsaturated/α-hetero) is 1. The molecule has 90 valence electrons. The highest BCUT2D eigenvalue weighted by atomic mass is 35.5. The zero-order valence-electron chi connectivity index (χ0n) is 9.74. The van der Waals surface area contributed by atoms with Crippen molar-refractivity contribution < 1.29 is 19.0 Å². The van der Waals surface area contributed by atoms with Gasteiger partial charge in [0, 0.05) is 14.2 Å². The maximum absolute atomic E-state index is 12.1. The van der Waals surface area contributed by atoms with Crippen molar-refractivity contribution >= 4 is 17.4 Å². The molecule has 0 radical (unpaired) electrons. The van der Waals surface area contributed by atoms with Gasteiger partial charge in [0.25, 0.3) is 0 Å². The van der Waals surface area contributed by atoms with Crippen LogP contribution >= 0.6 is 11.6 Å². The molecule has 2 bridgehead atoms. The van der Waals surface area contributed by atoms with Crippen LogP contribution in [0.3, 0.4) is 0 Å². The minimum atomic E-state index is -1.28. The Bertz CT molecular complexity index is 363. The number of hydrogen-bond acceptors (Lipinski definition) is 4. The van der Waals surface area contributed by atoms with Crippen molar-refractivity contribution in [3.05, 3.63) is 12.2 Å². The number of hydrogen-bond donors (Lipinski definition) is 0. The normalized spacial score (nSPS) is 45.1. The molecule has 1 fully saturated rings. The van der Waals surface area contributed by atoms with Gasteiger partial charge in [0.1, 0.15) is 11.2 Å². The summed E-state index contributed by atoms with van der Waals surface area (Å²) in [6.07, 6.45) is 3.49. The summed E-state index contributed by atoms with van der Waals surface area (Å²) in [4.78, 5) is 12.1. The number of rotatable bonds is 2. The molecule has 0 aromatic heterocycles. The van der Waals surface area contributed by atoms with Gasteiger partial charge in [0.05, 0.1) is 0 Å². The Morgan fingerprint density at radius 1 is 1.31 bits per heavy atom. The lowest BCUT2D eigenvalue weighted by Crippen LogP contribution is -2.69. The fraction of sp³-hybridized carbons (Fsp3) is 0.727. The van der Waals surface area contributed by atoms with Crippen molar-refractivity contribution in [3.8, 4) is 0 Å².